The fraction of sp³-hybridized carbons (Fsp3) is 0.417. The summed E-state index contributed by atoms with van der Waals surface area (Å²) < 4.78 is 65.2. The Morgan fingerprint density at radius 1 is 1.00 bits per heavy atom. The summed E-state index contributed by atoms with van der Waals surface area (Å²) in [6.45, 7) is 3.38. The Hall–Kier alpha value is -1.66. The predicted molar refractivity (Wildman–Crippen MR) is 58.1 cm³/mol. The number of benzene rings is 1. The summed E-state index contributed by atoms with van der Waals surface area (Å²) in [7, 11) is 0. The number of halogens is 5. The van der Waals surface area contributed by atoms with Crippen molar-refractivity contribution in [1.29, 1.82) is 0 Å². The molecule has 0 radical (unpaired) electrons. The molecule has 19 heavy (non-hydrogen) atoms. The SMILES string of the molecule is CCC[C@@H](C)NC(=O)c1c(F)c(F)c(F)c(F)c1F. The van der Waals surface area contributed by atoms with Gasteiger partial charge in [0.25, 0.3) is 5.91 Å². The molecule has 1 aromatic rings. The van der Waals surface area contributed by atoms with Gasteiger partial charge < -0.3 is 5.32 Å². The Morgan fingerprint density at radius 3 is 1.84 bits per heavy atom. The van der Waals surface area contributed by atoms with E-state index in [1.807, 2.05) is 6.92 Å². The highest BCUT2D eigenvalue weighted by atomic mass is 19.2. The molecule has 0 saturated heterocycles. The third-order valence-corrected chi connectivity index (χ3v) is 2.54. The summed E-state index contributed by atoms with van der Waals surface area (Å²) in [6.07, 6.45) is 1.21. The van der Waals surface area contributed by atoms with E-state index >= 15 is 0 Å². The zero-order chi connectivity index (χ0) is 14.7. The highest BCUT2D eigenvalue weighted by Crippen LogP contribution is 2.23. The van der Waals surface area contributed by atoms with Crippen molar-refractivity contribution in [2.75, 3.05) is 0 Å². The third kappa shape index (κ3) is 3.02. The highest BCUT2D eigenvalue weighted by Gasteiger charge is 2.29. The Morgan fingerprint density at radius 2 is 1.42 bits per heavy atom. The molecule has 1 aromatic carbocycles. The van der Waals surface area contributed by atoms with E-state index in [4.69, 9.17) is 0 Å². The van der Waals surface area contributed by atoms with Crippen molar-refractivity contribution in [2.24, 2.45) is 0 Å². The summed E-state index contributed by atoms with van der Waals surface area (Å²) in [6, 6.07) is -0.438. The molecule has 0 bridgehead atoms. The minimum Gasteiger partial charge on any atom is -0.349 e. The zero-order valence-corrected chi connectivity index (χ0v) is 10.3. The first-order valence-corrected chi connectivity index (χ1v) is 5.63. The van der Waals surface area contributed by atoms with Crippen LogP contribution in [0, 0.1) is 29.1 Å². The molecule has 0 aromatic heterocycles. The molecule has 1 N–H and O–H groups in total. The quantitative estimate of drug-likeness (QED) is 0.512. The lowest BCUT2D eigenvalue weighted by atomic mass is 10.1. The van der Waals surface area contributed by atoms with Crippen molar-refractivity contribution in [2.45, 2.75) is 32.7 Å². The molecule has 0 heterocycles. The monoisotopic (exact) mass is 281 g/mol. The van der Waals surface area contributed by atoms with Crippen LogP contribution in [0.5, 0.6) is 0 Å². The van der Waals surface area contributed by atoms with Gasteiger partial charge in [-0.25, -0.2) is 22.0 Å². The molecule has 0 unspecified atom stereocenters. The maximum atomic E-state index is 13.3. The van der Waals surface area contributed by atoms with E-state index in [9.17, 15) is 26.7 Å². The molecule has 0 aliphatic rings. The molecule has 0 fully saturated rings. The normalized spacial score (nSPS) is 12.4. The molecule has 0 aliphatic carbocycles. The van der Waals surface area contributed by atoms with Gasteiger partial charge in [-0.3, -0.25) is 4.79 Å². The molecular weight excluding hydrogens is 269 g/mol. The standard InChI is InChI=1S/C12H12F5NO/c1-3-4-5(2)18-12(19)6-7(13)9(15)11(17)10(16)8(6)14/h5H,3-4H2,1-2H3,(H,18,19)/t5-/m1/s1. The van der Waals surface area contributed by atoms with Gasteiger partial charge in [0.05, 0.1) is 0 Å². The predicted octanol–water partition coefficient (Wildman–Crippen LogP) is 3.30. The fourth-order valence-corrected chi connectivity index (χ4v) is 1.61. The van der Waals surface area contributed by atoms with Crippen molar-refractivity contribution < 1.29 is 26.7 Å². The first kappa shape index (κ1) is 15.4. The lowest BCUT2D eigenvalue weighted by Crippen LogP contribution is -2.34. The maximum absolute atomic E-state index is 13.3. The molecule has 1 atom stereocenters. The second-order valence-corrected chi connectivity index (χ2v) is 4.11. The van der Waals surface area contributed by atoms with Gasteiger partial charge >= 0.3 is 0 Å². The van der Waals surface area contributed by atoms with Crippen LogP contribution in [-0.4, -0.2) is 11.9 Å². The number of amides is 1. The number of rotatable bonds is 4. The van der Waals surface area contributed by atoms with Crippen LogP contribution in [-0.2, 0) is 0 Å². The van der Waals surface area contributed by atoms with E-state index in [0.29, 0.717) is 12.8 Å². The number of carbonyl (C=O) groups excluding carboxylic acids is 1. The van der Waals surface area contributed by atoms with Crippen LogP contribution in [0.4, 0.5) is 22.0 Å². The largest absolute Gasteiger partial charge is 0.349 e. The summed E-state index contributed by atoms with van der Waals surface area (Å²) in [5, 5.41) is 2.18. The summed E-state index contributed by atoms with van der Waals surface area (Å²) in [5.74, 6) is -12.1. The average molecular weight is 281 g/mol. The number of nitrogens with one attached hydrogen (secondary N) is 1. The van der Waals surface area contributed by atoms with Gasteiger partial charge in [0.1, 0.15) is 5.56 Å². The number of hydrogen-bond acceptors (Lipinski definition) is 1. The maximum Gasteiger partial charge on any atom is 0.257 e. The van der Waals surface area contributed by atoms with E-state index in [0.717, 1.165) is 0 Å². The van der Waals surface area contributed by atoms with E-state index < -0.39 is 46.6 Å². The van der Waals surface area contributed by atoms with Crippen LogP contribution >= 0.6 is 0 Å². The van der Waals surface area contributed by atoms with Crippen molar-refractivity contribution in [3.05, 3.63) is 34.6 Å². The fourth-order valence-electron chi connectivity index (χ4n) is 1.61. The van der Waals surface area contributed by atoms with Gasteiger partial charge in [0.2, 0.25) is 5.82 Å². The average Bonchev–Trinajstić information content (AvgIpc) is 2.34. The minimum atomic E-state index is -2.28. The second kappa shape index (κ2) is 5.99. The van der Waals surface area contributed by atoms with Crippen LogP contribution in [0.1, 0.15) is 37.0 Å². The van der Waals surface area contributed by atoms with Gasteiger partial charge in [-0.2, -0.15) is 0 Å². The molecule has 0 spiro atoms. The van der Waals surface area contributed by atoms with Crippen molar-refractivity contribution in [3.8, 4) is 0 Å². The topological polar surface area (TPSA) is 29.1 Å². The number of hydrogen-bond donors (Lipinski definition) is 1. The molecule has 1 amide bonds. The summed E-state index contributed by atoms with van der Waals surface area (Å²) in [5.41, 5.74) is -1.46. The number of carbonyl (C=O) groups is 1. The lowest BCUT2D eigenvalue weighted by Gasteiger charge is -2.14. The van der Waals surface area contributed by atoms with Crippen LogP contribution < -0.4 is 5.32 Å². The minimum absolute atomic E-state index is 0.438. The first-order chi connectivity index (χ1) is 8.81. The van der Waals surface area contributed by atoms with Crippen LogP contribution in [0.15, 0.2) is 0 Å². The molecule has 1 rings (SSSR count). The van der Waals surface area contributed by atoms with E-state index in [-0.39, 0.29) is 0 Å². The van der Waals surface area contributed by atoms with Crippen molar-refractivity contribution in [3.63, 3.8) is 0 Å². The molecule has 0 aliphatic heterocycles. The van der Waals surface area contributed by atoms with Crippen LogP contribution in [0.25, 0.3) is 0 Å². The zero-order valence-electron chi connectivity index (χ0n) is 10.3. The smallest absolute Gasteiger partial charge is 0.257 e. The van der Waals surface area contributed by atoms with Gasteiger partial charge in [-0.15, -0.1) is 0 Å². The molecular formula is C12H12F5NO. The Balaban J connectivity index is 3.17. The van der Waals surface area contributed by atoms with Gasteiger partial charge in [-0.1, -0.05) is 13.3 Å². The highest BCUT2D eigenvalue weighted by molar-refractivity contribution is 5.95. The Kier molecular flexibility index (Phi) is 4.85. The molecule has 106 valence electrons. The Labute approximate surface area is 106 Å². The third-order valence-electron chi connectivity index (χ3n) is 2.54. The van der Waals surface area contributed by atoms with E-state index in [1.54, 1.807) is 6.92 Å². The van der Waals surface area contributed by atoms with Gasteiger partial charge in [0, 0.05) is 6.04 Å². The summed E-state index contributed by atoms with van der Waals surface area (Å²) in [4.78, 5) is 11.5. The van der Waals surface area contributed by atoms with E-state index in [2.05, 4.69) is 5.32 Å². The van der Waals surface area contributed by atoms with Gasteiger partial charge in [0.15, 0.2) is 23.3 Å². The van der Waals surface area contributed by atoms with Gasteiger partial charge in [-0.05, 0) is 13.3 Å². The molecule has 7 heteroatoms. The Bertz CT molecular complexity index is 474. The molecule has 2 nitrogen and oxygen atoms in total. The summed E-state index contributed by atoms with van der Waals surface area (Å²) >= 11 is 0. The first-order valence-electron chi connectivity index (χ1n) is 5.63. The van der Waals surface area contributed by atoms with Crippen molar-refractivity contribution in [1.82, 2.24) is 5.32 Å². The second-order valence-electron chi connectivity index (χ2n) is 4.11. The molecule has 0 saturated carbocycles. The van der Waals surface area contributed by atoms with E-state index in [1.165, 1.54) is 0 Å². The van der Waals surface area contributed by atoms with Crippen molar-refractivity contribution >= 4 is 5.91 Å². The van der Waals surface area contributed by atoms with Crippen LogP contribution in [0.3, 0.4) is 0 Å². The lowest BCUT2D eigenvalue weighted by molar-refractivity contribution is 0.0926. The van der Waals surface area contributed by atoms with Crippen LogP contribution in [0.2, 0.25) is 0 Å².